The number of anilines is 1. The smallest absolute Gasteiger partial charge is 0.337 e. The Balaban J connectivity index is 1.92. The van der Waals surface area contributed by atoms with Crippen LogP contribution in [0.1, 0.15) is 51.1 Å². The highest BCUT2D eigenvalue weighted by Gasteiger charge is 2.47. The number of nitrogens with zero attached hydrogens (tertiary/aromatic N) is 1. The van der Waals surface area contributed by atoms with Crippen molar-refractivity contribution in [2.45, 2.75) is 33.2 Å². The standard InChI is InChI=1S/C30H29NO6/c1-6-19-7-9-20(10-8-19)26-25(27(32)23-15-18(3)24(36-4)16-17(23)2)28(33)29(34)31(26)22-13-11-21(12-14-22)30(35)37-5/h7-16,26,32H,6H2,1-5H3/b27-25+. The van der Waals surface area contributed by atoms with Gasteiger partial charge in [-0.3, -0.25) is 14.5 Å². The van der Waals surface area contributed by atoms with E-state index in [1.54, 1.807) is 31.4 Å². The number of carbonyl (C=O) groups excluding carboxylic acids is 3. The van der Waals surface area contributed by atoms with Gasteiger partial charge >= 0.3 is 5.97 Å². The number of hydrogen-bond acceptors (Lipinski definition) is 6. The van der Waals surface area contributed by atoms with E-state index in [1.165, 1.54) is 24.1 Å². The number of rotatable bonds is 6. The van der Waals surface area contributed by atoms with Gasteiger partial charge < -0.3 is 14.6 Å². The molecule has 3 aromatic rings. The first-order valence-corrected chi connectivity index (χ1v) is 12.0. The number of ketones is 1. The van der Waals surface area contributed by atoms with Crippen LogP contribution in [0.2, 0.25) is 0 Å². The number of aliphatic hydroxyl groups excluding tert-OH is 1. The molecule has 1 saturated heterocycles. The van der Waals surface area contributed by atoms with Crippen molar-refractivity contribution in [3.05, 3.63) is 99.6 Å². The Morgan fingerprint density at radius 1 is 0.946 bits per heavy atom. The molecule has 4 rings (SSSR count). The molecule has 1 heterocycles. The number of aryl methyl sites for hydroxylation is 3. The topological polar surface area (TPSA) is 93.1 Å². The Kier molecular flexibility index (Phi) is 7.16. The molecule has 1 aliphatic heterocycles. The molecule has 7 nitrogen and oxygen atoms in total. The summed E-state index contributed by atoms with van der Waals surface area (Å²) in [5, 5.41) is 11.5. The summed E-state index contributed by atoms with van der Waals surface area (Å²) >= 11 is 0. The molecule has 0 radical (unpaired) electrons. The van der Waals surface area contributed by atoms with Crippen molar-refractivity contribution in [2.75, 3.05) is 19.1 Å². The van der Waals surface area contributed by atoms with Gasteiger partial charge in [-0.1, -0.05) is 31.2 Å². The van der Waals surface area contributed by atoms with Crippen LogP contribution in [-0.2, 0) is 20.7 Å². The maximum absolute atomic E-state index is 13.4. The van der Waals surface area contributed by atoms with Crippen molar-refractivity contribution in [3.63, 3.8) is 0 Å². The highest BCUT2D eigenvalue weighted by Crippen LogP contribution is 2.43. The van der Waals surface area contributed by atoms with Gasteiger partial charge in [0.25, 0.3) is 11.7 Å². The normalized spacial score (nSPS) is 16.7. The second kappa shape index (κ2) is 10.3. The molecule has 0 bridgehead atoms. The minimum Gasteiger partial charge on any atom is -0.507 e. The van der Waals surface area contributed by atoms with Crippen LogP contribution in [-0.4, -0.2) is 37.0 Å². The molecule has 7 heteroatoms. The number of carbonyl (C=O) groups is 3. The molecule has 1 atom stereocenters. The summed E-state index contributed by atoms with van der Waals surface area (Å²) in [6.45, 7) is 5.69. The molecule has 0 aliphatic carbocycles. The average Bonchev–Trinajstić information content (AvgIpc) is 3.19. The molecule has 1 fully saturated rings. The number of hydrogen-bond donors (Lipinski definition) is 1. The number of esters is 1. The zero-order valence-corrected chi connectivity index (χ0v) is 21.5. The highest BCUT2D eigenvalue weighted by atomic mass is 16.5. The lowest BCUT2D eigenvalue weighted by molar-refractivity contribution is -0.132. The van der Waals surface area contributed by atoms with Crippen molar-refractivity contribution in [1.82, 2.24) is 0 Å². The van der Waals surface area contributed by atoms with E-state index in [0.717, 1.165) is 17.5 Å². The van der Waals surface area contributed by atoms with Crippen molar-refractivity contribution in [1.29, 1.82) is 0 Å². The lowest BCUT2D eigenvalue weighted by Crippen LogP contribution is -2.29. The first kappa shape index (κ1) is 25.7. The largest absolute Gasteiger partial charge is 0.507 e. The summed E-state index contributed by atoms with van der Waals surface area (Å²) in [4.78, 5) is 40.1. The van der Waals surface area contributed by atoms with Gasteiger partial charge in [0.2, 0.25) is 0 Å². The zero-order chi connectivity index (χ0) is 26.9. The molecule has 190 valence electrons. The molecule has 1 aliphatic rings. The zero-order valence-electron chi connectivity index (χ0n) is 21.5. The quantitative estimate of drug-likeness (QED) is 0.214. The second-order valence-electron chi connectivity index (χ2n) is 8.94. The van der Waals surface area contributed by atoms with Crippen LogP contribution in [0.25, 0.3) is 5.76 Å². The fourth-order valence-electron chi connectivity index (χ4n) is 4.64. The molecule has 3 aromatic carbocycles. The summed E-state index contributed by atoms with van der Waals surface area (Å²) in [6, 6.07) is 16.5. The average molecular weight is 500 g/mol. The molecule has 1 amide bonds. The Labute approximate surface area is 215 Å². The van der Waals surface area contributed by atoms with Gasteiger partial charge in [0.15, 0.2) is 0 Å². The van der Waals surface area contributed by atoms with Crippen LogP contribution in [0.5, 0.6) is 5.75 Å². The molecular weight excluding hydrogens is 470 g/mol. The van der Waals surface area contributed by atoms with Gasteiger partial charge in [0, 0.05) is 11.3 Å². The number of amides is 1. The van der Waals surface area contributed by atoms with Crippen LogP contribution in [0.4, 0.5) is 5.69 Å². The Hall–Kier alpha value is -4.39. The third-order valence-corrected chi connectivity index (χ3v) is 6.71. The summed E-state index contributed by atoms with van der Waals surface area (Å²) in [7, 11) is 2.86. The lowest BCUT2D eigenvalue weighted by Gasteiger charge is -2.26. The van der Waals surface area contributed by atoms with Gasteiger partial charge in [0.05, 0.1) is 31.4 Å². The SMILES string of the molecule is CCc1ccc(C2/C(=C(\O)c3cc(C)c(OC)cc3C)C(=O)C(=O)N2c2ccc(C(=O)OC)cc2)cc1. The fourth-order valence-corrected chi connectivity index (χ4v) is 4.64. The van der Waals surface area contributed by atoms with Crippen molar-refractivity contribution in [3.8, 4) is 5.75 Å². The second-order valence-corrected chi connectivity index (χ2v) is 8.94. The number of Topliss-reactive ketones (excluding diaryl/α,β-unsaturated/α-hetero) is 1. The summed E-state index contributed by atoms with van der Waals surface area (Å²) in [6.07, 6.45) is 0.833. The molecule has 0 spiro atoms. The number of methoxy groups -OCH3 is 2. The number of ether oxygens (including phenoxy) is 2. The van der Waals surface area contributed by atoms with Gasteiger partial charge in [0.1, 0.15) is 11.5 Å². The van der Waals surface area contributed by atoms with Gasteiger partial charge in [-0.05, 0) is 78.9 Å². The molecule has 0 saturated carbocycles. The first-order valence-electron chi connectivity index (χ1n) is 12.0. The van der Waals surface area contributed by atoms with Gasteiger partial charge in [-0.2, -0.15) is 0 Å². The van der Waals surface area contributed by atoms with E-state index >= 15 is 0 Å². The summed E-state index contributed by atoms with van der Waals surface area (Å²) in [5.41, 5.74) is 4.45. The minimum absolute atomic E-state index is 0.000963. The van der Waals surface area contributed by atoms with Crippen molar-refractivity contribution >= 4 is 29.1 Å². The third kappa shape index (κ3) is 4.60. The number of aliphatic hydroxyl groups is 1. The summed E-state index contributed by atoms with van der Waals surface area (Å²) in [5.74, 6) is -1.65. The lowest BCUT2D eigenvalue weighted by atomic mass is 9.92. The van der Waals surface area contributed by atoms with Gasteiger partial charge in [-0.25, -0.2) is 4.79 Å². The highest BCUT2D eigenvalue weighted by molar-refractivity contribution is 6.51. The van der Waals surface area contributed by atoms with Crippen molar-refractivity contribution < 1.29 is 29.0 Å². The monoisotopic (exact) mass is 499 g/mol. The maximum Gasteiger partial charge on any atom is 0.337 e. The van der Waals surface area contributed by atoms with Gasteiger partial charge in [-0.15, -0.1) is 0 Å². The molecular formula is C30H29NO6. The predicted molar refractivity (Wildman–Crippen MR) is 141 cm³/mol. The third-order valence-electron chi connectivity index (χ3n) is 6.71. The summed E-state index contributed by atoms with van der Waals surface area (Å²) < 4.78 is 10.1. The van der Waals surface area contributed by atoms with Crippen LogP contribution in [0.3, 0.4) is 0 Å². The van der Waals surface area contributed by atoms with Crippen LogP contribution < -0.4 is 9.64 Å². The Morgan fingerprint density at radius 3 is 2.16 bits per heavy atom. The molecule has 1 unspecified atom stereocenters. The molecule has 37 heavy (non-hydrogen) atoms. The van der Waals surface area contributed by atoms with E-state index in [-0.39, 0.29) is 11.3 Å². The molecule has 1 N–H and O–H groups in total. The fraction of sp³-hybridized carbons (Fsp3) is 0.233. The Bertz CT molecular complexity index is 1400. The van der Waals surface area contributed by atoms with E-state index in [9.17, 15) is 19.5 Å². The first-order chi connectivity index (χ1) is 17.7. The Morgan fingerprint density at radius 2 is 1.59 bits per heavy atom. The number of benzene rings is 3. The predicted octanol–water partition coefficient (Wildman–Crippen LogP) is 5.29. The minimum atomic E-state index is -0.864. The van der Waals surface area contributed by atoms with E-state index in [0.29, 0.717) is 33.7 Å². The van der Waals surface area contributed by atoms with E-state index in [1.807, 2.05) is 45.0 Å². The molecule has 0 aromatic heterocycles. The van der Waals surface area contributed by atoms with Crippen LogP contribution in [0.15, 0.2) is 66.2 Å². The van der Waals surface area contributed by atoms with E-state index < -0.39 is 23.7 Å². The van der Waals surface area contributed by atoms with Crippen LogP contribution in [0, 0.1) is 13.8 Å². The van der Waals surface area contributed by atoms with E-state index in [2.05, 4.69) is 0 Å². The maximum atomic E-state index is 13.4. The van der Waals surface area contributed by atoms with E-state index in [4.69, 9.17) is 9.47 Å². The van der Waals surface area contributed by atoms with Crippen LogP contribution >= 0.6 is 0 Å². The van der Waals surface area contributed by atoms with Crippen molar-refractivity contribution in [2.24, 2.45) is 0 Å².